The fourth-order valence-electron chi connectivity index (χ4n) is 0.798. The summed E-state index contributed by atoms with van der Waals surface area (Å²) in [4.78, 5) is 0. The van der Waals surface area contributed by atoms with Crippen LogP contribution < -0.4 is 4.52 Å². The minimum atomic E-state index is -3.45. The maximum absolute atomic E-state index is 11.1. The summed E-state index contributed by atoms with van der Waals surface area (Å²) in [7, 11) is -3.45. The summed E-state index contributed by atoms with van der Waals surface area (Å²) in [6, 6.07) is 7.87. The molecule has 0 spiro atoms. The van der Waals surface area contributed by atoms with Gasteiger partial charge in [0, 0.05) is 0 Å². The lowest BCUT2D eigenvalue weighted by atomic mass is 10.2. The molecule has 1 rings (SSSR count). The van der Waals surface area contributed by atoms with Crippen LogP contribution in [0.15, 0.2) is 24.3 Å². The number of hydrogen-bond acceptors (Lipinski definition) is 5. The molecule has 14 heavy (non-hydrogen) atoms. The minimum Gasteiger partial charge on any atom is -0.423 e. The standard InChI is InChI=1S/C8H8NO4P/c1-14(11,13-10)12-8-4-2-7(6-9)3-5-8/h2-5,10H,1H3. The average molecular weight is 213 g/mol. The van der Waals surface area contributed by atoms with Crippen LogP contribution in [0.4, 0.5) is 0 Å². The number of hydrogen-bond donors (Lipinski definition) is 1. The van der Waals surface area contributed by atoms with Gasteiger partial charge in [0.15, 0.2) is 0 Å². The summed E-state index contributed by atoms with van der Waals surface area (Å²) in [6.07, 6.45) is 0. The summed E-state index contributed by atoms with van der Waals surface area (Å²) >= 11 is 0. The third kappa shape index (κ3) is 2.86. The van der Waals surface area contributed by atoms with E-state index in [2.05, 4.69) is 4.67 Å². The lowest BCUT2D eigenvalue weighted by Gasteiger charge is -2.10. The zero-order chi connectivity index (χ0) is 10.6. The van der Waals surface area contributed by atoms with Crippen molar-refractivity contribution in [1.82, 2.24) is 0 Å². The average Bonchev–Trinajstić information content (AvgIpc) is 2.19. The van der Waals surface area contributed by atoms with Gasteiger partial charge in [0.25, 0.3) is 0 Å². The highest BCUT2D eigenvalue weighted by atomic mass is 31.2. The van der Waals surface area contributed by atoms with Crippen molar-refractivity contribution in [2.45, 2.75) is 0 Å². The molecule has 0 aliphatic rings. The van der Waals surface area contributed by atoms with Crippen molar-refractivity contribution in [2.75, 3.05) is 6.66 Å². The molecule has 0 aliphatic heterocycles. The van der Waals surface area contributed by atoms with Gasteiger partial charge in [-0.05, 0) is 24.3 Å². The normalized spacial score (nSPS) is 14.1. The Morgan fingerprint density at radius 2 is 2.00 bits per heavy atom. The number of rotatable bonds is 3. The van der Waals surface area contributed by atoms with Gasteiger partial charge in [-0.1, -0.05) is 0 Å². The largest absolute Gasteiger partial charge is 0.423 e. The maximum Gasteiger partial charge on any atom is 0.402 e. The van der Waals surface area contributed by atoms with Crippen molar-refractivity contribution in [3.63, 3.8) is 0 Å². The first kappa shape index (κ1) is 10.7. The molecule has 0 aliphatic carbocycles. The van der Waals surface area contributed by atoms with Crippen molar-refractivity contribution >= 4 is 7.60 Å². The van der Waals surface area contributed by atoms with Crippen molar-refractivity contribution in [3.8, 4) is 11.8 Å². The van der Waals surface area contributed by atoms with Crippen LogP contribution in [-0.2, 0) is 9.24 Å². The van der Waals surface area contributed by atoms with E-state index in [0.717, 1.165) is 6.66 Å². The number of benzene rings is 1. The molecular formula is C8H8NO4P. The molecule has 0 fully saturated rings. The van der Waals surface area contributed by atoms with E-state index in [-0.39, 0.29) is 5.75 Å². The molecule has 1 N–H and O–H groups in total. The van der Waals surface area contributed by atoms with Gasteiger partial charge in [-0.25, -0.2) is 9.82 Å². The Hall–Kier alpha value is -1.34. The molecular weight excluding hydrogens is 205 g/mol. The second kappa shape index (κ2) is 4.25. The van der Waals surface area contributed by atoms with E-state index in [4.69, 9.17) is 15.0 Å². The van der Waals surface area contributed by atoms with Gasteiger partial charge in [-0.2, -0.15) is 5.26 Å². The molecule has 74 valence electrons. The zero-order valence-electron chi connectivity index (χ0n) is 7.38. The molecule has 1 aromatic carbocycles. The van der Waals surface area contributed by atoms with Crippen LogP contribution in [0.3, 0.4) is 0 Å². The van der Waals surface area contributed by atoms with Crippen molar-refractivity contribution in [1.29, 1.82) is 5.26 Å². The molecule has 0 amide bonds. The lowest BCUT2D eigenvalue weighted by Crippen LogP contribution is -1.93. The SMILES string of the molecule is CP(=O)(OO)Oc1ccc(C#N)cc1. The van der Waals surface area contributed by atoms with E-state index in [1.54, 1.807) is 0 Å². The highest BCUT2D eigenvalue weighted by Gasteiger charge is 2.17. The van der Waals surface area contributed by atoms with E-state index >= 15 is 0 Å². The number of nitrogens with zero attached hydrogens (tertiary/aromatic N) is 1. The van der Waals surface area contributed by atoms with Gasteiger partial charge >= 0.3 is 7.60 Å². The van der Waals surface area contributed by atoms with E-state index in [1.165, 1.54) is 24.3 Å². The summed E-state index contributed by atoms with van der Waals surface area (Å²) in [5.41, 5.74) is 0.466. The molecule has 0 radical (unpaired) electrons. The molecule has 5 nitrogen and oxygen atoms in total. The van der Waals surface area contributed by atoms with E-state index in [0.29, 0.717) is 5.56 Å². The Morgan fingerprint density at radius 3 is 2.43 bits per heavy atom. The van der Waals surface area contributed by atoms with Crippen LogP contribution in [0.5, 0.6) is 5.75 Å². The summed E-state index contributed by atoms with van der Waals surface area (Å²) < 4.78 is 19.6. The highest BCUT2D eigenvalue weighted by molar-refractivity contribution is 7.53. The quantitative estimate of drug-likeness (QED) is 0.473. The van der Waals surface area contributed by atoms with E-state index in [1.807, 2.05) is 6.07 Å². The molecule has 0 aromatic heterocycles. The van der Waals surface area contributed by atoms with E-state index in [9.17, 15) is 4.57 Å². The monoisotopic (exact) mass is 213 g/mol. The van der Waals surface area contributed by atoms with Gasteiger partial charge in [-0.15, -0.1) is 4.67 Å². The molecule has 6 heteroatoms. The van der Waals surface area contributed by atoms with Crippen molar-refractivity contribution < 1.29 is 19.0 Å². The van der Waals surface area contributed by atoms with Gasteiger partial charge < -0.3 is 4.52 Å². The van der Waals surface area contributed by atoms with Gasteiger partial charge in [0.1, 0.15) is 5.75 Å². The molecule has 1 atom stereocenters. The van der Waals surface area contributed by atoms with Gasteiger partial charge in [0.2, 0.25) is 0 Å². The van der Waals surface area contributed by atoms with E-state index < -0.39 is 7.60 Å². The van der Waals surface area contributed by atoms with Crippen LogP contribution in [0.1, 0.15) is 5.56 Å². The Bertz CT molecular complexity index is 395. The van der Waals surface area contributed by atoms with Crippen molar-refractivity contribution in [2.24, 2.45) is 0 Å². The van der Waals surface area contributed by atoms with Gasteiger partial charge in [0.05, 0.1) is 18.3 Å². The second-order valence-corrected chi connectivity index (χ2v) is 4.47. The summed E-state index contributed by atoms with van der Waals surface area (Å²) in [5.74, 6) is 0.267. The van der Waals surface area contributed by atoms with Crippen LogP contribution in [0, 0.1) is 11.3 Å². The molecule has 0 saturated heterocycles. The fraction of sp³-hybridized carbons (Fsp3) is 0.125. The third-order valence-electron chi connectivity index (χ3n) is 1.40. The van der Waals surface area contributed by atoms with Crippen LogP contribution in [-0.4, -0.2) is 11.9 Å². The topological polar surface area (TPSA) is 79.6 Å². The predicted octanol–water partition coefficient (Wildman–Crippen LogP) is 2.25. The molecule has 0 bridgehead atoms. The molecule has 1 aromatic rings. The first-order valence-corrected chi connectivity index (χ1v) is 5.67. The van der Waals surface area contributed by atoms with Gasteiger partial charge in [-0.3, -0.25) is 0 Å². The zero-order valence-corrected chi connectivity index (χ0v) is 8.27. The minimum absolute atomic E-state index is 0.267. The van der Waals surface area contributed by atoms with Crippen LogP contribution >= 0.6 is 7.60 Å². The molecule has 1 unspecified atom stereocenters. The predicted molar refractivity (Wildman–Crippen MR) is 49.0 cm³/mol. The van der Waals surface area contributed by atoms with Crippen molar-refractivity contribution in [3.05, 3.63) is 29.8 Å². The first-order valence-electron chi connectivity index (χ1n) is 3.68. The Balaban J connectivity index is 2.80. The third-order valence-corrected chi connectivity index (χ3v) is 2.24. The van der Waals surface area contributed by atoms with Crippen LogP contribution in [0.2, 0.25) is 0 Å². The Labute approximate surface area is 81.0 Å². The first-order chi connectivity index (χ1) is 6.57. The van der Waals surface area contributed by atoms with Crippen LogP contribution in [0.25, 0.3) is 0 Å². The maximum atomic E-state index is 11.1. The number of nitriles is 1. The molecule has 0 saturated carbocycles. The highest BCUT2D eigenvalue weighted by Crippen LogP contribution is 2.42. The Kier molecular flexibility index (Phi) is 3.26. The summed E-state index contributed by atoms with van der Waals surface area (Å²) in [6.45, 7) is 1.13. The summed E-state index contributed by atoms with van der Waals surface area (Å²) in [5, 5.41) is 16.7. The molecule has 0 heterocycles. The Morgan fingerprint density at radius 1 is 1.43 bits per heavy atom. The smallest absolute Gasteiger partial charge is 0.402 e. The second-order valence-electron chi connectivity index (χ2n) is 2.58. The fourth-order valence-corrected chi connectivity index (χ4v) is 1.34. The lowest BCUT2D eigenvalue weighted by molar-refractivity contribution is -0.143.